The normalized spacial score (nSPS) is 14.8. The fourth-order valence-corrected chi connectivity index (χ4v) is 2.87. The van der Waals surface area contributed by atoms with Crippen molar-refractivity contribution in [2.75, 3.05) is 11.9 Å². The molecule has 1 aromatic carbocycles. The van der Waals surface area contributed by atoms with Crippen LogP contribution in [0.15, 0.2) is 18.2 Å². The fraction of sp³-hybridized carbons (Fsp3) is 0.562. The van der Waals surface area contributed by atoms with E-state index in [0.29, 0.717) is 24.7 Å². The van der Waals surface area contributed by atoms with Crippen LogP contribution in [-0.2, 0) is 4.79 Å². The molecule has 0 unspecified atom stereocenters. The highest BCUT2D eigenvalue weighted by Crippen LogP contribution is 2.31. The van der Waals surface area contributed by atoms with E-state index in [1.807, 2.05) is 6.92 Å². The van der Waals surface area contributed by atoms with Crippen molar-refractivity contribution in [3.63, 3.8) is 0 Å². The maximum absolute atomic E-state index is 12.0. The zero-order chi connectivity index (χ0) is 15.9. The lowest BCUT2D eigenvalue weighted by Gasteiger charge is -2.10. The molecule has 0 aliphatic heterocycles. The Morgan fingerprint density at radius 3 is 2.77 bits per heavy atom. The molecule has 0 spiro atoms. The topological polar surface area (TPSA) is 81.5 Å². The zero-order valence-corrected chi connectivity index (χ0v) is 12.8. The van der Waals surface area contributed by atoms with E-state index in [1.54, 1.807) is 6.07 Å². The van der Waals surface area contributed by atoms with Gasteiger partial charge < -0.3 is 10.1 Å². The zero-order valence-electron chi connectivity index (χ0n) is 12.8. The van der Waals surface area contributed by atoms with Gasteiger partial charge in [-0.25, -0.2) is 0 Å². The number of nitro groups is 1. The summed E-state index contributed by atoms with van der Waals surface area (Å²) in [4.78, 5) is 22.6. The van der Waals surface area contributed by atoms with Crippen molar-refractivity contribution < 1.29 is 14.5 Å². The number of nitro benzene ring substituents is 1. The van der Waals surface area contributed by atoms with E-state index in [1.165, 1.54) is 37.8 Å². The fourth-order valence-electron chi connectivity index (χ4n) is 2.87. The van der Waals surface area contributed by atoms with Gasteiger partial charge in [-0.15, -0.1) is 0 Å². The Labute approximate surface area is 130 Å². The summed E-state index contributed by atoms with van der Waals surface area (Å²) in [6.07, 6.45) is 6.14. The first kappa shape index (κ1) is 16.3. The van der Waals surface area contributed by atoms with Gasteiger partial charge in [0, 0.05) is 6.42 Å². The quantitative estimate of drug-likeness (QED) is 0.612. The van der Waals surface area contributed by atoms with Gasteiger partial charge in [0.05, 0.1) is 17.6 Å². The van der Waals surface area contributed by atoms with Crippen molar-refractivity contribution in [1.29, 1.82) is 0 Å². The smallest absolute Gasteiger partial charge is 0.296 e. The molecule has 120 valence electrons. The average Bonchev–Trinajstić information content (AvgIpc) is 3.00. The van der Waals surface area contributed by atoms with Crippen LogP contribution >= 0.6 is 0 Å². The van der Waals surface area contributed by atoms with Crippen LogP contribution < -0.4 is 10.1 Å². The van der Waals surface area contributed by atoms with E-state index in [2.05, 4.69) is 5.32 Å². The molecule has 6 heteroatoms. The molecule has 1 N–H and O–H groups in total. The van der Waals surface area contributed by atoms with Crippen LogP contribution in [0.2, 0.25) is 0 Å². The molecular weight excluding hydrogens is 284 g/mol. The first-order valence-electron chi connectivity index (χ1n) is 7.81. The molecule has 0 saturated heterocycles. The first-order valence-corrected chi connectivity index (χ1v) is 7.81. The molecule has 2 rings (SSSR count). The van der Waals surface area contributed by atoms with Crippen molar-refractivity contribution >= 4 is 17.3 Å². The number of rotatable bonds is 7. The summed E-state index contributed by atoms with van der Waals surface area (Å²) in [6, 6.07) is 4.50. The van der Waals surface area contributed by atoms with Crippen molar-refractivity contribution in [1.82, 2.24) is 0 Å². The molecule has 0 radical (unpaired) electrons. The summed E-state index contributed by atoms with van der Waals surface area (Å²) in [7, 11) is 0. The van der Waals surface area contributed by atoms with E-state index in [9.17, 15) is 14.9 Å². The molecule has 1 fully saturated rings. The molecule has 1 aliphatic carbocycles. The van der Waals surface area contributed by atoms with Gasteiger partial charge in [-0.2, -0.15) is 0 Å². The number of anilines is 1. The predicted molar refractivity (Wildman–Crippen MR) is 84.1 cm³/mol. The average molecular weight is 306 g/mol. The number of amides is 1. The monoisotopic (exact) mass is 306 g/mol. The minimum Gasteiger partial charge on any atom is -0.494 e. The number of benzene rings is 1. The Hall–Kier alpha value is -2.11. The van der Waals surface area contributed by atoms with E-state index in [0.717, 1.165) is 6.42 Å². The molecule has 1 aliphatic rings. The summed E-state index contributed by atoms with van der Waals surface area (Å²) in [6.45, 7) is 2.24. The maximum atomic E-state index is 12.0. The number of nitrogens with zero attached hydrogens (tertiary/aromatic N) is 1. The van der Waals surface area contributed by atoms with Gasteiger partial charge in [0.1, 0.15) is 11.4 Å². The second-order valence-electron chi connectivity index (χ2n) is 5.61. The van der Waals surface area contributed by atoms with E-state index < -0.39 is 4.92 Å². The van der Waals surface area contributed by atoms with Crippen LogP contribution in [0.1, 0.15) is 45.4 Å². The SMILES string of the molecule is CCOc1ccc(NC(=O)CCC2CCCC2)c([N+](=O)[O-])c1. The van der Waals surface area contributed by atoms with Crippen molar-refractivity contribution in [3.05, 3.63) is 28.3 Å². The number of carbonyl (C=O) groups is 1. The number of carbonyl (C=O) groups excluding carboxylic acids is 1. The van der Waals surface area contributed by atoms with Crippen molar-refractivity contribution in [2.45, 2.75) is 45.4 Å². The Kier molecular flexibility index (Phi) is 5.75. The molecule has 0 bridgehead atoms. The third-order valence-corrected chi connectivity index (χ3v) is 4.01. The van der Waals surface area contributed by atoms with Crippen LogP contribution in [-0.4, -0.2) is 17.4 Å². The van der Waals surface area contributed by atoms with Gasteiger partial charge in [-0.1, -0.05) is 25.7 Å². The molecule has 22 heavy (non-hydrogen) atoms. The number of hydrogen-bond donors (Lipinski definition) is 1. The van der Waals surface area contributed by atoms with Gasteiger partial charge in [-0.05, 0) is 31.4 Å². The highest BCUT2D eigenvalue weighted by atomic mass is 16.6. The summed E-state index contributed by atoms with van der Waals surface area (Å²) < 4.78 is 5.25. The van der Waals surface area contributed by atoms with E-state index >= 15 is 0 Å². The Morgan fingerprint density at radius 2 is 2.14 bits per heavy atom. The van der Waals surface area contributed by atoms with Gasteiger partial charge in [0.2, 0.25) is 5.91 Å². The largest absolute Gasteiger partial charge is 0.494 e. The van der Waals surface area contributed by atoms with Crippen LogP contribution in [0.25, 0.3) is 0 Å². The van der Waals surface area contributed by atoms with E-state index in [-0.39, 0.29) is 17.3 Å². The van der Waals surface area contributed by atoms with E-state index in [4.69, 9.17) is 4.74 Å². The Bertz CT molecular complexity index is 539. The minimum absolute atomic E-state index is 0.139. The van der Waals surface area contributed by atoms with Gasteiger partial charge in [0.15, 0.2) is 0 Å². The molecule has 0 heterocycles. The number of ether oxygens (including phenoxy) is 1. The lowest BCUT2D eigenvalue weighted by atomic mass is 10.0. The summed E-state index contributed by atoms with van der Waals surface area (Å²) in [5.41, 5.74) is 0.0880. The molecule has 6 nitrogen and oxygen atoms in total. The van der Waals surface area contributed by atoms with Crippen LogP contribution in [0, 0.1) is 16.0 Å². The highest BCUT2D eigenvalue weighted by Gasteiger charge is 2.19. The summed E-state index contributed by atoms with van der Waals surface area (Å²) >= 11 is 0. The second kappa shape index (κ2) is 7.77. The molecule has 0 aromatic heterocycles. The van der Waals surface area contributed by atoms with Gasteiger partial charge >= 0.3 is 0 Å². The van der Waals surface area contributed by atoms with Crippen LogP contribution in [0.4, 0.5) is 11.4 Å². The molecule has 1 saturated carbocycles. The van der Waals surface area contributed by atoms with Crippen molar-refractivity contribution in [3.8, 4) is 5.75 Å². The van der Waals surface area contributed by atoms with Crippen LogP contribution in [0.3, 0.4) is 0 Å². The lowest BCUT2D eigenvalue weighted by molar-refractivity contribution is -0.384. The first-order chi connectivity index (χ1) is 10.6. The third-order valence-electron chi connectivity index (χ3n) is 4.01. The maximum Gasteiger partial charge on any atom is 0.296 e. The minimum atomic E-state index is -0.505. The number of nitrogens with one attached hydrogen (secondary N) is 1. The summed E-state index contributed by atoms with van der Waals surface area (Å²) in [5.74, 6) is 0.887. The lowest BCUT2D eigenvalue weighted by Crippen LogP contribution is -2.14. The van der Waals surface area contributed by atoms with Crippen molar-refractivity contribution in [2.24, 2.45) is 5.92 Å². The molecule has 0 atom stereocenters. The van der Waals surface area contributed by atoms with Crippen LogP contribution in [0.5, 0.6) is 5.75 Å². The predicted octanol–water partition coefficient (Wildman–Crippen LogP) is 3.90. The Balaban J connectivity index is 1.97. The van der Waals surface area contributed by atoms with Gasteiger partial charge in [0.25, 0.3) is 5.69 Å². The summed E-state index contributed by atoms with van der Waals surface area (Å²) in [5, 5.41) is 13.8. The van der Waals surface area contributed by atoms with Gasteiger partial charge in [-0.3, -0.25) is 14.9 Å². The number of hydrogen-bond acceptors (Lipinski definition) is 4. The third kappa shape index (κ3) is 4.44. The highest BCUT2D eigenvalue weighted by molar-refractivity contribution is 5.93. The molecular formula is C16H22N2O4. The second-order valence-corrected chi connectivity index (χ2v) is 5.61. The molecule has 1 aromatic rings. The standard InChI is InChI=1S/C16H22N2O4/c1-2-22-13-8-9-14(15(11-13)18(20)21)17-16(19)10-7-12-5-3-4-6-12/h8-9,11-12H,2-7,10H2,1H3,(H,17,19). The molecule has 1 amide bonds. The Morgan fingerprint density at radius 1 is 1.41 bits per heavy atom.